The first kappa shape index (κ1) is 36.1. The van der Waals surface area contributed by atoms with Crippen molar-refractivity contribution in [3.8, 4) is 16.3 Å². The Morgan fingerprint density at radius 3 is 2.61 bits per heavy atom. The number of carboxylic acids is 1. The van der Waals surface area contributed by atoms with Crippen molar-refractivity contribution in [2.24, 2.45) is 36.1 Å². The van der Waals surface area contributed by atoms with Crippen molar-refractivity contribution in [3.63, 3.8) is 0 Å². The first-order chi connectivity index (χ1) is 25.9. The van der Waals surface area contributed by atoms with E-state index in [0.717, 1.165) is 26.1 Å². The molecule has 3 fully saturated rings. The summed E-state index contributed by atoms with van der Waals surface area (Å²) in [5, 5.41) is 25.2. The fraction of sp³-hybridized carbons (Fsp3) is 0.400. The molecule has 2 aromatic heterocycles. The zero-order valence-corrected chi connectivity index (χ0v) is 31.5. The number of benzene rings is 2. The maximum absolute atomic E-state index is 15.1. The molecule has 2 saturated heterocycles. The van der Waals surface area contributed by atoms with Gasteiger partial charge in [0.2, 0.25) is 23.6 Å². The third-order valence-corrected chi connectivity index (χ3v) is 13.5. The summed E-state index contributed by atoms with van der Waals surface area (Å²) in [6.45, 7) is 3.58. The monoisotopic (exact) mass is 770 g/mol. The molecule has 8 rings (SSSR count). The number of imide groups is 2. The van der Waals surface area contributed by atoms with E-state index >= 15 is 4.79 Å². The second-order valence-electron chi connectivity index (χ2n) is 14.8. The number of amides is 4. The van der Waals surface area contributed by atoms with E-state index in [0.29, 0.717) is 27.8 Å². The molecule has 4 aromatic rings. The number of hydrogen-bond acceptors (Lipinski definition) is 9. The maximum Gasteiger partial charge on any atom is 0.303 e. The molecule has 2 N–H and O–H groups in total. The lowest BCUT2D eigenvalue weighted by atomic mass is 9.51. The number of rotatable bonds is 10. The summed E-state index contributed by atoms with van der Waals surface area (Å²) >= 11 is 7.86. The zero-order chi connectivity index (χ0) is 38.2. The first-order valence-corrected chi connectivity index (χ1v) is 19.3. The summed E-state index contributed by atoms with van der Waals surface area (Å²) in [5.74, 6) is -5.27. The molecule has 2 aliphatic heterocycles. The number of allylic oxidation sites excluding steroid dienone is 2. The summed E-state index contributed by atoms with van der Waals surface area (Å²) in [7, 11) is 1.70. The van der Waals surface area contributed by atoms with Crippen molar-refractivity contribution >= 4 is 68.4 Å². The van der Waals surface area contributed by atoms with Crippen LogP contribution in [0.25, 0.3) is 20.7 Å². The van der Waals surface area contributed by atoms with E-state index in [9.17, 15) is 29.4 Å². The number of aliphatic hydroxyl groups is 1. The highest BCUT2D eigenvalue weighted by atomic mass is 35.5. The Kier molecular flexibility index (Phi) is 9.01. The Labute approximate surface area is 319 Å². The average molecular weight is 771 g/mol. The van der Waals surface area contributed by atoms with Gasteiger partial charge in [-0.2, -0.15) is 5.10 Å². The number of aliphatic hydroxyl groups excluding tert-OH is 1. The number of likely N-dealkylation sites (tertiary alicyclic amines) is 1. The summed E-state index contributed by atoms with van der Waals surface area (Å²) in [5.41, 5.74) is 1.74. The number of carboxylic acid groups (broad SMARTS) is 1. The number of aryl methyl sites for hydroxylation is 2. The van der Waals surface area contributed by atoms with Crippen LogP contribution in [0.2, 0.25) is 5.02 Å². The fourth-order valence-corrected chi connectivity index (χ4v) is 10.8. The number of nitrogens with zero attached hydrogens (tertiary/aromatic N) is 4. The Balaban J connectivity index is 1.22. The van der Waals surface area contributed by atoms with Crippen molar-refractivity contribution in [3.05, 3.63) is 76.3 Å². The van der Waals surface area contributed by atoms with E-state index in [1.165, 1.54) is 9.80 Å². The maximum atomic E-state index is 15.1. The van der Waals surface area contributed by atoms with Crippen molar-refractivity contribution in [1.82, 2.24) is 14.7 Å². The molecule has 1 saturated carbocycles. The quantitative estimate of drug-likeness (QED) is 0.152. The minimum atomic E-state index is -1.31. The highest BCUT2D eigenvalue weighted by molar-refractivity contribution is 7.22. The molecule has 0 radical (unpaired) electrons. The Bertz CT molecular complexity index is 2300. The summed E-state index contributed by atoms with van der Waals surface area (Å²) in [4.78, 5) is 72.3. The van der Waals surface area contributed by atoms with Crippen LogP contribution in [0.1, 0.15) is 49.7 Å². The Hall–Kier alpha value is -4.85. The number of carbonyl (C=O) groups is 5. The van der Waals surface area contributed by atoms with Crippen LogP contribution in [0.5, 0.6) is 5.75 Å². The summed E-state index contributed by atoms with van der Waals surface area (Å²) < 4.78 is 8.60. The molecule has 14 heteroatoms. The second kappa shape index (κ2) is 13.5. The fourth-order valence-electron chi connectivity index (χ4n) is 9.47. The van der Waals surface area contributed by atoms with Gasteiger partial charge in [0.25, 0.3) is 0 Å². The minimum absolute atomic E-state index is 0.00174. The van der Waals surface area contributed by atoms with Crippen LogP contribution in [0, 0.1) is 36.0 Å². The molecule has 2 aliphatic carbocycles. The average Bonchev–Trinajstić information content (AvgIpc) is 3.81. The molecule has 280 valence electrons. The van der Waals surface area contributed by atoms with Crippen LogP contribution < -0.4 is 9.64 Å². The van der Waals surface area contributed by atoms with Gasteiger partial charge >= 0.3 is 5.97 Å². The molecule has 4 amide bonds. The molecule has 0 bridgehead atoms. The molecule has 54 heavy (non-hydrogen) atoms. The van der Waals surface area contributed by atoms with Gasteiger partial charge in [0.05, 0.1) is 34.7 Å². The van der Waals surface area contributed by atoms with Crippen LogP contribution in [0.15, 0.2) is 60.2 Å². The Morgan fingerprint density at radius 1 is 1.07 bits per heavy atom. The van der Waals surface area contributed by atoms with Gasteiger partial charge in [-0.05, 0) is 74.2 Å². The van der Waals surface area contributed by atoms with Crippen molar-refractivity contribution in [2.45, 2.75) is 45.4 Å². The number of fused-ring (bicyclic) bond motifs is 5. The number of anilines is 1. The number of ether oxygens (including phenoxy) is 1. The van der Waals surface area contributed by atoms with Gasteiger partial charge in [-0.15, -0.1) is 11.3 Å². The molecule has 2 aromatic carbocycles. The van der Waals surface area contributed by atoms with Crippen LogP contribution in [-0.4, -0.2) is 74.2 Å². The molecule has 6 atom stereocenters. The third-order valence-electron chi connectivity index (χ3n) is 11.9. The normalized spacial score (nSPS) is 26.3. The lowest BCUT2D eigenvalue weighted by Crippen LogP contribution is -2.49. The van der Waals surface area contributed by atoms with Gasteiger partial charge in [0, 0.05) is 47.3 Å². The standard InChI is InChI=1S/C40H39ClN4O8S/c1-20-25-17-21(41)10-13-30(25)54-35(20)28-19-31(43(3)42-28)45-37(50)27-18-26-22(11-12-24-33(26)38(51)44(36(24)49)14-6-9-32(47)48)34(40(27,2)39(45)52)23-7-4-5-8-29(23)53-16-15-46/h4-5,7-8,10-11,13,17,19,24,26-27,33-34,46H,6,9,12,14-16,18H2,1-3H3,(H,47,48). The van der Waals surface area contributed by atoms with Gasteiger partial charge in [-0.3, -0.25) is 33.6 Å². The predicted octanol–water partition coefficient (Wildman–Crippen LogP) is 5.73. The zero-order valence-electron chi connectivity index (χ0n) is 30.0. The SMILES string of the molecule is Cc1c(-c2cc(N3C(=O)C4CC5C(=CCC6C(=O)N(CCCC(=O)O)C(=O)C65)C(c5ccccc5OCCO)C4(C)C3=O)n(C)n2)sc2ccc(Cl)cc12. The molecule has 6 unspecified atom stereocenters. The number of hydrogen-bond donors (Lipinski definition) is 2. The van der Waals surface area contributed by atoms with Gasteiger partial charge in [0.1, 0.15) is 23.9 Å². The predicted molar refractivity (Wildman–Crippen MR) is 201 cm³/mol. The van der Waals surface area contributed by atoms with Crippen LogP contribution in [-0.2, 0) is 31.0 Å². The second-order valence-corrected chi connectivity index (χ2v) is 16.3. The van der Waals surface area contributed by atoms with Gasteiger partial charge in [-0.25, -0.2) is 4.90 Å². The van der Waals surface area contributed by atoms with Crippen LogP contribution >= 0.6 is 22.9 Å². The first-order valence-electron chi connectivity index (χ1n) is 18.1. The number of carbonyl (C=O) groups excluding carboxylic acids is 4. The topological polar surface area (TPSA) is 159 Å². The lowest BCUT2D eigenvalue weighted by Gasteiger charge is -2.49. The molecular formula is C40H39ClN4O8S. The van der Waals surface area contributed by atoms with Gasteiger partial charge < -0.3 is 14.9 Å². The molecule has 4 aliphatic rings. The molecular weight excluding hydrogens is 732 g/mol. The van der Waals surface area contributed by atoms with Gasteiger partial charge in [-0.1, -0.05) is 41.4 Å². The minimum Gasteiger partial charge on any atom is -0.491 e. The third kappa shape index (κ3) is 5.42. The van der Waals surface area contributed by atoms with Crippen molar-refractivity contribution < 1.29 is 38.9 Å². The number of aliphatic carboxylic acids is 1. The van der Waals surface area contributed by atoms with E-state index in [4.69, 9.17) is 21.4 Å². The molecule has 4 heterocycles. The molecule has 12 nitrogen and oxygen atoms in total. The van der Waals surface area contributed by atoms with Crippen LogP contribution in [0.3, 0.4) is 0 Å². The van der Waals surface area contributed by atoms with Crippen molar-refractivity contribution in [1.29, 1.82) is 0 Å². The van der Waals surface area contributed by atoms with E-state index < -0.39 is 52.8 Å². The van der Waals surface area contributed by atoms with Crippen LogP contribution in [0.4, 0.5) is 5.82 Å². The highest BCUT2D eigenvalue weighted by Gasteiger charge is 2.68. The number of aromatic nitrogens is 2. The number of para-hydroxylation sites is 1. The van der Waals surface area contributed by atoms with Gasteiger partial charge in [0.15, 0.2) is 0 Å². The number of thiophene rings is 1. The summed E-state index contributed by atoms with van der Waals surface area (Å²) in [6, 6.07) is 14.7. The van der Waals surface area contributed by atoms with E-state index in [2.05, 4.69) is 0 Å². The Morgan fingerprint density at radius 2 is 1.85 bits per heavy atom. The van der Waals surface area contributed by atoms with Crippen molar-refractivity contribution in [2.75, 3.05) is 24.7 Å². The number of halogens is 1. The largest absolute Gasteiger partial charge is 0.491 e. The lowest BCUT2D eigenvalue weighted by molar-refractivity contribution is -0.142. The highest BCUT2D eigenvalue weighted by Crippen LogP contribution is 2.64. The smallest absolute Gasteiger partial charge is 0.303 e. The summed E-state index contributed by atoms with van der Waals surface area (Å²) in [6.07, 6.45) is 2.37. The van der Waals surface area contributed by atoms with E-state index in [1.807, 2.05) is 50.3 Å². The van der Waals surface area contributed by atoms with E-state index in [1.54, 1.807) is 41.3 Å². The van der Waals surface area contributed by atoms with E-state index in [-0.39, 0.29) is 57.3 Å². The molecule has 0 spiro atoms.